The van der Waals surface area contributed by atoms with E-state index in [4.69, 9.17) is 29.9 Å². The zero-order valence-electron chi connectivity index (χ0n) is 34.0. The Hall–Kier alpha value is -8.48. The van der Waals surface area contributed by atoms with Gasteiger partial charge in [-0.25, -0.2) is 24.9 Å². The number of nitrogens with zero attached hydrogens (tertiary/aromatic N) is 6. The van der Waals surface area contributed by atoms with E-state index in [1.165, 1.54) is 33.4 Å². The van der Waals surface area contributed by atoms with Crippen LogP contribution in [-0.2, 0) is 5.41 Å². The molecule has 0 radical (unpaired) electrons. The lowest BCUT2D eigenvalue weighted by molar-refractivity contribution is 0.768. The maximum Gasteiger partial charge on any atom is 0.182 e. The molecule has 6 heteroatoms. The highest BCUT2D eigenvalue weighted by atomic mass is 15.0. The molecule has 12 rings (SSSR count). The van der Waals surface area contributed by atoms with E-state index in [1.807, 2.05) is 54.6 Å². The van der Waals surface area contributed by atoms with Crippen molar-refractivity contribution in [1.82, 2.24) is 29.9 Å². The van der Waals surface area contributed by atoms with E-state index >= 15 is 0 Å². The predicted octanol–water partition coefficient (Wildman–Crippen LogP) is 13.1. The second-order valence-electron chi connectivity index (χ2n) is 15.8. The smallest absolute Gasteiger partial charge is 0.182 e. The van der Waals surface area contributed by atoms with Gasteiger partial charge in [0.1, 0.15) is 5.69 Å². The van der Waals surface area contributed by atoms with Crippen molar-refractivity contribution in [2.45, 2.75) is 5.41 Å². The van der Waals surface area contributed by atoms with Crippen LogP contribution in [0.1, 0.15) is 22.3 Å². The maximum atomic E-state index is 5.30. The quantitative estimate of drug-likeness (QED) is 0.149. The summed E-state index contributed by atoms with van der Waals surface area (Å²) in [5.74, 6) is 2.27. The van der Waals surface area contributed by atoms with Gasteiger partial charge in [0.05, 0.1) is 16.6 Å². The molecule has 6 nitrogen and oxygen atoms in total. The lowest BCUT2D eigenvalue weighted by Gasteiger charge is -2.34. The highest BCUT2D eigenvalue weighted by Gasteiger charge is 2.46. The number of fused-ring (bicyclic) bond motifs is 6. The number of hydrogen-bond donors (Lipinski definition) is 0. The average Bonchev–Trinajstić information content (AvgIpc) is 3.67. The predicted molar refractivity (Wildman–Crippen MR) is 253 cm³/mol. The second-order valence-corrected chi connectivity index (χ2v) is 15.8. The van der Waals surface area contributed by atoms with Gasteiger partial charge in [-0.15, -0.1) is 0 Å². The second kappa shape index (κ2) is 14.9. The summed E-state index contributed by atoms with van der Waals surface area (Å²) in [6.07, 6.45) is 1.77. The molecule has 11 aromatic rings. The number of pyridine rings is 1. The van der Waals surface area contributed by atoms with E-state index in [9.17, 15) is 0 Å². The van der Waals surface area contributed by atoms with Gasteiger partial charge in [0, 0.05) is 39.2 Å². The molecule has 0 fully saturated rings. The van der Waals surface area contributed by atoms with Gasteiger partial charge in [0.2, 0.25) is 0 Å². The zero-order chi connectivity index (χ0) is 41.7. The van der Waals surface area contributed by atoms with Crippen LogP contribution in [-0.4, -0.2) is 29.9 Å². The topological polar surface area (TPSA) is 77.3 Å². The largest absolute Gasteiger partial charge is 0.253 e. The van der Waals surface area contributed by atoms with Crippen molar-refractivity contribution in [2.75, 3.05) is 0 Å². The van der Waals surface area contributed by atoms with Crippen LogP contribution in [0.2, 0.25) is 0 Å². The van der Waals surface area contributed by atoms with Gasteiger partial charge < -0.3 is 0 Å². The van der Waals surface area contributed by atoms with Crippen LogP contribution < -0.4 is 0 Å². The first-order valence-corrected chi connectivity index (χ1v) is 21.1. The highest BCUT2D eigenvalue weighted by Crippen LogP contribution is 2.56. The number of aromatic nitrogens is 6. The fraction of sp³-hybridized carbons (Fsp3) is 0.0175. The summed E-state index contributed by atoms with van der Waals surface area (Å²) in [6, 6.07) is 74.0. The molecule has 294 valence electrons. The van der Waals surface area contributed by atoms with Crippen LogP contribution in [0.3, 0.4) is 0 Å². The minimum atomic E-state index is -0.567. The Morgan fingerprint density at radius 1 is 0.333 bits per heavy atom. The van der Waals surface area contributed by atoms with Crippen molar-refractivity contribution in [1.29, 1.82) is 0 Å². The lowest BCUT2D eigenvalue weighted by Crippen LogP contribution is -2.28. The van der Waals surface area contributed by atoms with Crippen LogP contribution in [0.4, 0.5) is 0 Å². The molecule has 0 atom stereocenters. The molecule has 0 N–H and O–H groups in total. The van der Waals surface area contributed by atoms with E-state index in [2.05, 4.69) is 158 Å². The van der Waals surface area contributed by atoms with Crippen molar-refractivity contribution in [3.8, 4) is 68.1 Å². The van der Waals surface area contributed by atoms with Crippen molar-refractivity contribution in [2.24, 2.45) is 0 Å². The van der Waals surface area contributed by atoms with Gasteiger partial charge in [-0.1, -0.05) is 182 Å². The van der Waals surface area contributed by atoms with Gasteiger partial charge in [-0.2, -0.15) is 0 Å². The highest BCUT2D eigenvalue weighted by molar-refractivity contribution is 6.10. The van der Waals surface area contributed by atoms with Gasteiger partial charge in [-0.3, -0.25) is 4.98 Å². The van der Waals surface area contributed by atoms with E-state index < -0.39 is 5.41 Å². The Bertz CT molecular complexity index is 3450. The third-order valence-corrected chi connectivity index (χ3v) is 12.3. The van der Waals surface area contributed by atoms with Crippen LogP contribution in [0.15, 0.2) is 219 Å². The van der Waals surface area contributed by atoms with Gasteiger partial charge in [0.25, 0.3) is 0 Å². The summed E-state index contributed by atoms with van der Waals surface area (Å²) < 4.78 is 0. The molecule has 0 amide bonds. The third kappa shape index (κ3) is 6.03. The van der Waals surface area contributed by atoms with Crippen molar-refractivity contribution >= 4 is 21.7 Å². The van der Waals surface area contributed by atoms with Gasteiger partial charge in [0.15, 0.2) is 23.3 Å². The van der Waals surface area contributed by atoms with Crippen LogP contribution in [0.5, 0.6) is 0 Å². The first-order chi connectivity index (χ1) is 31.2. The first-order valence-electron chi connectivity index (χ1n) is 21.1. The molecule has 0 unspecified atom stereocenters. The molecule has 8 aromatic carbocycles. The Kier molecular flexibility index (Phi) is 8.61. The summed E-state index contributed by atoms with van der Waals surface area (Å²) in [4.78, 5) is 30.7. The van der Waals surface area contributed by atoms with Crippen molar-refractivity contribution in [3.63, 3.8) is 0 Å². The van der Waals surface area contributed by atoms with E-state index in [0.29, 0.717) is 29.0 Å². The third-order valence-electron chi connectivity index (χ3n) is 12.3. The molecule has 3 aromatic heterocycles. The normalized spacial score (nSPS) is 12.6. The Morgan fingerprint density at radius 2 is 0.889 bits per heavy atom. The molecule has 1 aliphatic carbocycles. The molecule has 3 heterocycles. The lowest BCUT2D eigenvalue weighted by atomic mass is 9.67. The van der Waals surface area contributed by atoms with Gasteiger partial charge in [-0.05, 0) is 69.1 Å². The van der Waals surface area contributed by atoms with Gasteiger partial charge >= 0.3 is 0 Å². The Labute approximate surface area is 364 Å². The minimum Gasteiger partial charge on any atom is -0.253 e. The summed E-state index contributed by atoms with van der Waals surface area (Å²) in [5.41, 5.74) is 12.8. The van der Waals surface area contributed by atoms with Crippen molar-refractivity contribution < 1.29 is 0 Å². The molecule has 1 aliphatic rings. The fourth-order valence-corrected chi connectivity index (χ4v) is 9.41. The summed E-state index contributed by atoms with van der Waals surface area (Å²) in [6.45, 7) is 0. The number of rotatable bonds is 7. The first kappa shape index (κ1) is 36.4. The van der Waals surface area contributed by atoms with Crippen molar-refractivity contribution in [3.05, 3.63) is 241 Å². The average molecular weight is 805 g/mol. The Balaban J connectivity index is 1.08. The number of hydrogen-bond acceptors (Lipinski definition) is 6. The summed E-state index contributed by atoms with van der Waals surface area (Å²) >= 11 is 0. The molecular weight excluding hydrogens is 769 g/mol. The molecule has 0 bridgehead atoms. The molecule has 0 saturated carbocycles. The summed E-state index contributed by atoms with van der Waals surface area (Å²) in [7, 11) is 0. The monoisotopic (exact) mass is 804 g/mol. The molecule has 63 heavy (non-hydrogen) atoms. The zero-order valence-corrected chi connectivity index (χ0v) is 34.0. The summed E-state index contributed by atoms with van der Waals surface area (Å²) in [5, 5.41) is 3.00. The standard InChI is InChI=1S/C57H36N6/c1-5-17-38(18-6-1)51-46-33-30-37-28-29-40(35-47(37)52(46)60-53(59-51)39-19-7-2-8-20-39)54-61-55(63-56(62-54)50-27-15-16-34-58-50)41-31-32-45-44-25-13-14-26-48(44)57(49(45)36-41,42-21-9-3-10-22-42)43-23-11-4-12-24-43/h1-36H. The van der Waals surface area contributed by atoms with Crippen LogP contribution in [0.25, 0.3) is 89.7 Å². The minimum absolute atomic E-state index is 0.495. The molecular formula is C57H36N6. The van der Waals surface area contributed by atoms with Crippen LogP contribution >= 0.6 is 0 Å². The van der Waals surface area contributed by atoms with E-state index in [0.717, 1.165) is 49.6 Å². The number of benzene rings is 8. The van der Waals surface area contributed by atoms with E-state index in [1.54, 1.807) is 6.20 Å². The van der Waals surface area contributed by atoms with E-state index in [-0.39, 0.29) is 0 Å². The molecule has 0 saturated heterocycles. The SMILES string of the molecule is c1ccc(-c2nc(-c3ccccc3)c3ccc4ccc(-c5nc(-c6ccc7c(c6)C(c6ccccc6)(c6ccccc6)c6ccccc6-7)nc(-c6ccccn6)n5)cc4c3n2)cc1. The fourth-order valence-electron chi connectivity index (χ4n) is 9.41. The molecule has 0 spiro atoms. The van der Waals surface area contributed by atoms with Crippen LogP contribution in [0, 0.1) is 0 Å². The molecule has 0 aliphatic heterocycles. The maximum absolute atomic E-state index is 5.30. The Morgan fingerprint density at radius 3 is 1.59 bits per heavy atom.